The van der Waals surface area contributed by atoms with Gasteiger partial charge in [-0.2, -0.15) is 11.8 Å². The van der Waals surface area contributed by atoms with Crippen LogP contribution in [-0.2, 0) is 6.54 Å². The van der Waals surface area contributed by atoms with Crippen LogP contribution in [0.3, 0.4) is 0 Å². The van der Waals surface area contributed by atoms with Crippen LogP contribution in [0.4, 0.5) is 4.39 Å². The minimum atomic E-state index is -0.290. The van der Waals surface area contributed by atoms with Gasteiger partial charge >= 0.3 is 0 Å². The summed E-state index contributed by atoms with van der Waals surface area (Å²) in [7, 11) is 0. The summed E-state index contributed by atoms with van der Waals surface area (Å²) < 4.78 is 13.7. The minimum absolute atomic E-state index is 0.0116. The maximum atomic E-state index is 13.7. The zero-order valence-electron chi connectivity index (χ0n) is 11.7. The summed E-state index contributed by atoms with van der Waals surface area (Å²) in [6.45, 7) is 5.26. The standard InChI is InChI=1S/C16H20FNOS/c1-13-11-18(7-9-20-13)12-14-5-6-16(17)15(10-14)4-2-3-8-19/h5-6,10,13,19H,3,7-9,11-12H2,1H3. The van der Waals surface area contributed by atoms with Crippen molar-refractivity contribution in [2.45, 2.75) is 25.1 Å². The molecule has 108 valence electrons. The lowest BCUT2D eigenvalue weighted by molar-refractivity contribution is 0.278. The molecule has 2 nitrogen and oxygen atoms in total. The van der Waals surface area contributed by atoms with Gasteiger partial charge in [-0.25, -0.2) is 4.39 Å². The number of hydrogen-bond donors (Lipinski definition) is 1. The van der Waals surface area contributed by atoms with Crippen LogP contribution in [0.5, 0.6) is 0 Å². The number of nitrogens with zero attached hydrogens (tertiary/aromatic N) is 1. The summed E-state index contributed by atoms with van der Waals surface area (Å²) in [5, 5.41) is 9.36. The van der Waals surface area contributed by atoms with Crippen molar-refractivity contribution in [2.75, 3.05) is 25.4 Å². The molecule has 1 aromatic carbocycles. The topological polar surface area (TPSA) is 23.5 Å². The van der Waals surface area contributed by atoms with Crippen LogP contribution < -0.4 is 0 Å². The number of hydrogen-bond acceptors (Lipinski definition) is 3. The van der Waals surface area contributed by atoms with Crippen molar-refractivity contribution in [1.29, 1.82) is 0 Å². The third-order valence-electron chi connectivity index (χ3n) is 3.22. The van der Waals surface area contributed by atoms with Gasteiger partial charge in [0.05, 0.1) is 12.2 Å². The molecule has 2 rings (SSSR count). The van der Waals surface area contributed by atoms with E-state index in [-0.39, 0.29) is 12.4 Å². The second-order valence-corrected chi connectivity index (χ2v) is 6.55. The first-order valence-corrected chi connectivity index (χ1v) is 7.96. The minimum Gasteiger partial charge on any atom is -0.395 e. The Morgan fingerprint density at radius 3 is 3.10 bits per heavy atom. The van der Waals surface area contributed by atoms with E-state index in [9.17, 15) is 4.39 Å². The van der Waals surface area contributed by atoms with E-state index >= 15 is 0 Å². The number of halogens is 1. The Hall–Kier alpha value is -1.02. The van der Waals surface area contributed by atoms with Crippen molar-refractivity contribution < 1.29 is 9.50 Å². The van der Waals surface area contributed by atoms with Crippen LogP contribution in [0, 0.1) is 17.7 Å². The fraction of sp³-hybridized carbons (Fsp3) is 0.500. The SMILES string of the molecule is CC1CN(Cc2ccc(F)c(C#CCCO)c2)CCS1. The second kappa shape index (κ2) is 7.68. The summed E-state index contributed by atoms with van der Waals surface area (Å²) in [6.07, 6.45) is 0.379. The van der Waals surface area contributed by atoms with E-state index in [1.807, 2.05) is 23.9 Å². The van der Waals surface area contributed by atoms with E-state index in [1.54, 1.807) is 0 Å². The highest BCUT2D eigenvalue weighted by atomic mass is 32.2. The molecule has 1 aliphatic rings. The maximum Gasteiger partial charge on any atom is 0.138 e. The highest BCUT2D eigenvalue weighted by Gasteiger charge is 2.16. The molecule has 0 aliphatic carbocycles. The predicted octanol–water partition coefficient (Wildman–Crippen LogP) is 2.50. The fourth-order valence-corrected chi connectivity index (χ4v) is 3.35. The van der Waals surface area contributed by atoms with E-state index in [2.05, 4.69) is 23.7 Å². The molecule has 0 saturated carbocycles. The zero-order chi connectivity index (χ0) is 14.4. The van der Waals surface area contributed by atoms with E-state index in [4.69, 9.17) is 5.11 Å². The molecular weight excluding hydrogens is 273 g/mol. The molecule has 1 unspecified atom stereocenters. The van der Waals surface area contributed by atoms with Crippen LogP contribution in [0.15, 0.2) is 18.2 Å². The molecule has 1 heterocycles. The van der Waals surface area contributed by atoms with Crippen LogP contribution >= 0.6 is 11.8 Å². The third kappa shape index (κ3) is 4.52. The quantitative estimate of drug-likeness (QED) is 0.866. The monoisotopic (exact) mass is 293 g/mol. The Morgan fingerprint density at radius 2 is 2.35 bits per heavy atom. The van der Waals surface area contributed by atoms with Crippen LogP contribution in [0.1, 0.15) is 24.5 Å². The highest BCUT2D eigenvalue weighted by molar-refractivity contribution is 7.99. The Balaban J connectivity index is 2.05. The molecular formula is C16H20FNOS. The van der Waals surface area contributed by atoms with Gasteiger partial charge in [-0.3, -0.25) is 4.90 Å². The Kier molecular flexibility index (Phi) is 5.90. The van der Waals surface area contributed by atoms with Crippen LogP contribution in [-0.4, -0.2) is 40.7 Å². The average molecular weight is 293 g/mol. The lowest BCUT2D eigenvalue weighted by atomic mass is 10.1. The molecule has 0 spiro atoms. The Labute approximate surface area is 124 Å². The molecule has 0 amide bonds. The van der Waals surface area contributed by atoms with Crippen LogP contribution in [0.2, 0.25) is 0 Å². The molecule has 1 aliphatic heterocycles. The molecule has 1 atom stereocenters. The maximum absolute atomic E-state index is 13.7. The molecule has 0 bridgehead atoms. The lowest BCUT2D eigenvalue weighted by Crippen LogP contribution is -2.36. The van der Waals surface area contributed by atoms with Crippen molar-refractivity contribution in [1.82, 2.24) is 4.90 Å². The predicted molar refractivity (Wildman–Crippen MR) is 82.2 cm³/mol. The molecule has 20 heavy (non-hydrogen) atoms. The van der Waals surface area contributed by atoms with Gasteiger partial charge in [-0.15, -0.1) is 0 Å². The van der Waals surface area contributed by atoms with Crippen molar-refractivity contribution in [3.63, 3.8) is 0 Å². The van der Waals surface area contributed by atoms with Crippen LogP contribution in [0.25, 0.3) is 0 Å². The Bertz CT molecular complexity index is 509. The van der Waals surface area contributed by atoms with Gasteiger partial charge in [0.1, 0.15) is 5.82 Å². The fourth-order valence-electron chi connectivity index (χ4n) is 2.27. The zero-order valence-corrected chi connectivity index (χ0v) is 12.5. The van der Waals surface area contributed by atoms with Gasteiger partial charge in [0.15, 0.2) is 0 Å². The lowest BCUT2D eigenvalue weighted by Gasteiger charge is -2.30. The molecule has 1 saturated heterocycles. The van der Waals surface area contributed by atoms with Gasteiger partial charge in [0.2, 0.25) is 0 Å². The normalized spacial score (nSPS) is 19.4. The smallest absolute Gasteiger partial charge is 0.138 e. The molecule has 1 aromatic rings. The summed E-state index contributed by atoms with van der Waals surface area (Å²) in [6, 6.07) is 5.14. The summed E-state index contributed by atoms with van der Waals surface area (Å²) >= 11 is 2.00. The van der Waals surface area contributed by atoms with Gasteiger partial charge in [0.25, 0.3) is 0 Å². The first-order chi connectivity index (χ1) is 9.69. The van der Waals surface area contributed by atoms with Gasteiger partial charge in [-0.05, 0) is 17.7 Å². The molecule has 4 heteroatoms. The van der Waals surface area contributed by atoms with Gasteiger partial charge in [-0.1, -0.05) is 24.8 Å². The largest absolute Gasteiger partial charge is 0.395 e. The molecule has 0 radical (unpaired) electrons. The second-order valence-electron chi connectivity index (χ2n) is 5.01. The van der Waals surface area contributed by atoms with E-state index in [1.165, 1.54) is 6.07 Å². The third-order valence-corrected chi connectivity index (χ3v) is 4.36. The van der Waals surface area contributed by atoms with E-state index in [0.717, 1.165) is 31.0 Å². The number of thioether (sulfide) groups is 1. The van der Waals surface area contributed by atoms with Crippen molar-refractivity contribution >= 4 is 11.8 Å². The number of benzene rings is 1. The van der Waals surface area contributed by atoms with Crippen molar-refractivity contribution in [3.05, 3.63) is 35.1 Å². The Morgan fingerprint density at radius 1 is 1.50 bits per heavy atom. The summed E-state index contributed by atoms with van der Waals surface area (Å²) in [5.41, 5.74) is 1.52. The molecule has 1 fully saturated rings. The first kappa shape index (κ1) is 15.4. The number of rotatable bonds is 3. The molecule has 0 aromatic heterocycles. The van der Waals surface area contributed by atoms with E-state index < -0.39 is 0 Å². The molecule has 1 N–H and O–H groups in total. The number of aliphatic hydroxyl groups is 1. The highest BCUT2D eigenvalue weighted by Crippen LogP contribution is 2.20. The first-order valence-electron chi connectivity index (χ1n) is 6.91. The average Bonchev–Trinajstić information content (AvgIpc) is 2.42. The van der Waals surface area contributed by atoms with Gasteiger partial charge < -0.3 is 5.11 Å². The van der Waals surface area contributed by atoms with Crippen molar-refractivity contribution in [2.24, 2.45) is 0 Å². The number of aliphatic hydroxyl groups excluding tert-OH is 1. The summed E-state index contributed by atoms with van der Waals surface area (Å²) in [4.78, 5) is 2.40. The van der Waals surface area contributed by atoms with E-state index in [0.29, 0.717) is 17.2 Å². The van der Waals surface area contributed by atoms with Crippen molar-refractivity contribution in [3.8, 4) is 11.8 Å². The summed E-state index contributed by atoms with van der Waals surface area (Å²) in [5.74, 6) is 6.43. The van der Waals surface area contributed by atoms with Gasteiger partial charge in [0, 0.05) is 37.1 Å².